The fourth-order valence-electron chi connectivity index (χ4n) is 4.57. The third-order valence-corrected chi connectivity index (χ3v) is 6.31. The van der Waals surface area contributed by atoms with Crippen LogP contribution in [0.15, 0.2) is 18.3 Å². The van der Waals surface area contributed by atoms with Crippen molar-refractivity contribution in [3.8, 4) is 11.1 Å². The summed E-state index contributed by atoms with van der Waals surface area (Å²) >= 11 is 6.81. The number of benzene rings is 1. The van der Waals surface area contributed by atoms with Gasteiger partial charge in [-0.2, -0.15) is 0 Å². The number of pyridine rings is 1. The average molecular weight is 389 g/mol. The third kappa shape index (κ3) is 2.65. The first-order chi connectivity index (χ1) is 12.9. The number of halogens is 2. The predicted octanol–water partition coefficient (Wildman–Crippen LogP) is 3.97. The maximum absolute atomic E-state index is 15.2. The summed E-state index contributed by atoms with van der Waals surface area (Å²) in [5.74, 6) is 0.142. The zero-order valence-corrected chi connectivity index (χ0v) is 16.1. The molecule has 1 saturated carbocycles. The second-order valence-electron chi connectivity index (χ2n) is 7.66. The van der Waals surface area contributed by atoms with Crippen molar-refractivity contribution in [3.63, 3.8) is 0 Å². The van der Waals surface area contributed by atoms with Crippen LogP contribution in [0.25, 0.3) is 11.1 Å². The number of hydrogen-bond donors (Lipinski definition) is 3. The number of nitrogens with two attached hydrogens (primary N) is 1. The first-order valence-corrected chi connectivity index (χ1v) is 9.49. The van der Waals surface area contributed by atoms with E-state index >= 15 is 4.39 Å². The molecule has 2 aromatic rings. The highest BCUT2D eigenvalue weighted by molar-refractivity contribution is 6.34. The van der Waals surface area contributed by atoms with Gasteiger partial charge in [-0.05, 0) is 37.3 Å². The molecule has 1 amide bonds. The Hall–Kier alpha value is -2.34. The smallest absolute Gasteiger partial charge is 0.256 e. The highest BCUT2D eigenvalue weighted by atomic mass is 35.5. The molecule has 2 atom stereocenters. The van der Waals surface area contributed by atoms with E-state index in [4.69, 9.17) is 17.3 Å². The van der Waals surface area contributed by atoms with E-state index in [1.807, 2.05) is 0 Å². The Bertz CT molecular complexity index is 944. The van der Waals surface area contributed by atoms with Crippen molar-refractivity contribution in [2.45, 2.75) is 31.6 Å². The lowest BCUT2D eigenvalue weighted by Crippen LogP contribution is -2.25. The maximum Gasteiger partial charge on any atom is 0.256 e. The Kier molecular flexibility index (Phi) is 4.26. The Morgan fingerprint density at radius 2 is 2.22 bits per heavy atom. The highest BCUT2D eigenvalue weighted by Gasteiger charge is 2.46. The number of nitrogen functional groups attached to an aromatic ring is 1. The molecule has 0 saturated heterocycles. The average Bonchev–Trinajstić information content (AvgIpc) is 3.20. The van der Waals surface area contributed by atoms with Gasteiger partial charge in [-0.3, -0.25) is 4.79 Å². The molecule has 4 N–H and O–H groups in total. The SMILES string of the molecule is CNC(=O)c1c(N)ccc(-c2cnc3c(c2Cl)C2(CCC(C)C2)CN3)c1F. The molecule has 4 rings (SSSR count). The molecule has 1 fully saturated rings. The number of amides is 1. The van der Waals surface area contributed by atoms with Crippen molar-refractivity contribution in [2.24, 2.45) is 5.92 Å². The number of nitrogens with zero attached hydrogens (tertiary/aromatic N) is 1. The minimum Gasteiger partial charge on any atom is -0.398 e. The van der Waals surface area contributed by atoms with Crippen molar-refractivity contribution in [1.82, 2.24) is 10.3 Å². The monoisotopic (exact) mass is 388 g/mol. The van der Waals surface area contributed by atoms with Crippen molar-refractivity contribution < 1.29 is 9.18 Å². The Morgan fingerprint density at radius 3 is 2.89 bits per heavy atom. The van der Waals surface area contributed by atoms with Crippen LogP contribution >= 0.6 is 11.6 Å². The van der Waals surface area contributed by atoms with E-state index in [1.165, 1.54) is 13.1 Å². The van der Waals surface area contributed by atoms with Crippen LogP contribution in [0.4, 0.5) is 15.9 Å². The van der Waals surface area contributed by atoms with Gasteiger partial charge >= 0.3 is 0 Å². The summed E-state index contributed by atoms with van der Waals surface area (Å²) in [6, 6.07) is 3.08. The molecule has 1 aliphatic carbocycles. The summed E-state index contributed by atoms with van der Waals surface area (Å²) in [5, 5.41) is 6.29. The number of anilines is 2. The van der Waals surface area contributed by atoms with Gasteiger partial charge in [-0.1, -0.05) is 18.5 Å². The topological polar surface area (TPSA) is 80.0 Å². The van der Waals surface area contributed by atoms with Gasteiger partial charge < -0.3 is 16.4 Å². The molecule has 0 bridgehead atoms. The Balaban J connectivity index is 1.89. The van der Waals surface area contributed by atoms with Gasteiger partial charge in [0.1, 0.15) is 11.6 Å². The van der Waals surface area contributed by atoms with Crippen LogP contribution in [0.1, 0.15) is 42.1 Å². The molecule has 27 heavy (non-hydrogen) atoms. The van der Waals surface area contributed by atoms with Crippen molar-refractivity contribution in [3.05, 3.63) is 40.3 Å². The number of rotatable bonds is 2. The molecule has 142 valence electrons. The molecular formula is C20H22ClFN4O. The molecule has 1 aromatic carbocycles. The van der Waals surface area contributed by atoms with Crippen molar-refractivity contribution in [1.29, 1.82) is 0 Å². The molecule has 0 radical (unpaired) electrons. The summed E-state index contributed by atoms with van der Waals surface area (Å²) in [4.78, 5) is 16.6. The van der Waals surface area contributed by atoms with Crippen molar-refractivity contribution in [2.75, 3.05) is 24.6 Å². The summed E-state index contributed by atoms with van der Waals surface area (Å²) in [7, 11) is 1.44. The van der Waals surface area contributed by atoms with Gasteiger partial charge in [-0.25, -0.2) is 9.37 Å². The minimum atomic E-state index is -0.683. The summed E-state index contributed by atoms with van der Waals surface area (Å²) in [5.41, 5.74) is 7.38. The zero-order valence-electron chi connectivity index (χ0n) is 15.3. The first-order valence-electron chi connectivity index (χ1n) is 9.11. The largest absolute Gasteiger partial charge is 0.398 e. The zero-order chi connectivity index (χ0) is 19.3. The molecule has 1 aromatic heterocycles. The van der Waals surface area contributed by atoms with Crippen LogP contribution in [0.2, 0.25) is 5.02 Å². The maximum atomic E-state index is 15.2. The van der Waals surface area contributed by atoms with Crippen molar-refractivity contribution >= 4 is 29.0 Å². The Labute approximate surface area is 162 Å². The quantitative estimate of drug-likeness (QED) is 0.680. The van der Waals surface area contributed by atoms with Gasteiger partial charge in [0.05, 0.1) is 10.6 Å². The molecule has 1 aliphatic heterocycles. The number of aromatic nitrogens is 1. The van der Waals surface area contributed by atoms with E-state index in [-0.39, 0.29) is 22.2 Å². The lowest BCUT2D eigenvalue weighted by molar-refractivity contribution is 0.0960. The molecule has 2 heterocycles. The van der Waals surface area contributed by atoms with E-state index in [0.717, 1.165) is 37.2 Å². The fourth-order valence-corrected chi connectivity index (χ4v) is 5.01. The lowest BCUT2D eigenvalue weighted by atomic mass is 9.80. The van der Waals surface area contributed by atoms with Crippen LogP contribution in [-0.4, -0.2) is 24.5 Å². The van der Waals surface area contributed by atoms with Crippen LogP contribution in [-0.2, 0) is 5.41 Å². The van der Waals surface area contributed by atoms with Crippen LogP contribution < -0.4 is 16.4 Å². The van der Waals surface area contributed by atoms with Gasteiger partial charge in [0.15, 0.2) is 0 Å². The molecule has 2 aliphatic rings. The van der Waals surface area contributed by atoms with E-state index in [9.17, 15) is 4.79 Å². The van der Waals surface area contributed by atoms with Crippen LogP contribution in [0, 0.1) is 11.7 Å². The van der Waals surface area contributed by atoms with Gasteiger partial charge in [0, 0.05) is 47.6 Å². The first kappa shape index (κ1) is 18.0. The predicted molar refractivity (Wildman–Crippen MR) is 106 cm³/mol. The molecule has 5 nitrogen and oxygen atoms in total. The summed E-state index contributed by atoms with van der Waals surface area (Å²) < 4.78 is 15.2. The van der Waals surface area contributed by atoms with Gasteiger partial charge in [-0.15, -0.1) is 0 Å². The number of nitrogens with one attached hydrogen (secondary N) is 2. The number of carbonyl (C=O) groups is 1. The standard InChI is InChI=1S/C20H22ClFN4O/c1-10-5-6-20(7-10)9-26-18-15(20)16(21)12(8-25-18)11-3-4-13(23)14(17(11)22)19(27)24-2/h3-4,8,10H,5-7,9,23H2,1-2H3,(H,24,27)(H,25,26). The van der Waals surface area contributed by atoms with E-state index in [2.05, 4.69) is 22.5 Å². The van der Waals surface area contributed by atoms with E-state index < -0.39 is 11.7 Å². The number of hydrogen-bond acceptors (Lipinski definition) is 4. The van der Waals surface area contributed by atoms with Gasteiger partial charge in [0.25, 0.3) is 5.91 Å². The second-order valence-corrected chi connectivity index (χ2v) is 8.04. The molecule has 1 spiro atoms. The Morgan fingerprint density at radius 1 is 1.44 bits per heavy atom. The van der Waals surface area contributed by atoms with E-state index in [0.29, 0.717) is 16.5 Å². The van der Waals surface area contributed by atoms with E-state index in [1.54, 1.807) is 12.3 Å². The summed E-state index contributed by atoms with van der Waals surface area (Å²) in [6.45, 7) is 3.05. The number of fused-ring (bicyclic) bond motifs is 2. The normalized spacial score (nSPS) is 23.3. The molecule has 2 unspecified atom stereocenters. The summed E-state index contributed by atoms with van der Waals surface area (Å²) in [6.07, 6.45) is 4.77. The molecule has 7 heteroatoms. The van der Waals surface area contributed by atoms with Crippen LogP contribution in [0.5, 0.6) is 0 Å². The number of carbonyl (C=O) groups excluding carboxylic acids is 1. The minimum absolute atomic E-state index is 0.0528. The second kappa shape index (κ2) is 6.37. The highest BCUT2D eigenvalue weighted by Crippen LogP contribution is 2.53. The fraction of sp³-hybridized carbons (Fsp3) is 0.400. The van der Waals surface area contributed by atoms with Gasteiger partial charge in [0.2, 0.25) is 0 Å². The third-order valence-electron chi connectivity index (χ3n) is 5.91. The lowest BCUT2D eigenvalue weighted by Gasteiger charge is -2.25. The van der Waals surface area contributed by atoms with Crippen LogP contribution in [0.3, 0.4) is 0 Å². The molecular weight excluding hydrogens is 367 g/mol.